The number of ketones is 2. The molecule has 5 aliphatic rings. The fourth-order valence-electron chi connectivity index (χ4n) is 10.2. The Kier molecular flexibility index (Phi) is 5.32. The van der Waals surface area contributed by atoms with Crippen molar-refractivity contribution in [2.75, 3.05) is 0 Å². The Bertz CT molecular complexity index is 1240. The maximum Gasteiger partial charge on any atom is 0.233 e. The van der Waals surface area contributed by atoms with Crippen LogP contribution in [-0.4, -0.2) is 21.7 Å². The Morgan fingerprint density at radius 1 is 0.973 bits per heavy atom. The molecule has 0 aliphatic heterocycles. The van der Waals surface area contributed by atoms with Gasteiger partial charge in [0.15, 0.2) is 17.4 Å². The molecule has 0 saturated heterocycles. The molecule has 1 aromatic rings. The summed E-state index contributed by atoms with van der Waals surface area (Å²) in [6, 6.07) is 2.30. The predicted molar refractivity (Wildman–Crippen MR) is 138 cm³/mol. The number of allylic oxidation sites excluding steroid dienone is 2. The van der Waals surface area contributed by atoms with Gasteiger partial charge in [0.25, 0.3) is 0 Å². The van der Waals surface area contributed by atoms with Crippen LogP contribution in [0.5, 0.6) is 0 Å². The molecule has 6 rings (SSSR count). The Morgan fingerprint density at radius 3 is 2.38 bits per heavy atom. The number of nitrogens with zero attached hydrogens (tertiary/aromatic N) is 3. The van der Waals surface area contributed by atoms with E-state index in [1.807, 2.05) is 19.9 Å². The molecule has 6 nitrogen and oxygen atoms in total. The lowest BCUT2D eigenvalue weighted by atomic mass is 9.38. The van der Waals surface area contributed by atoms with E-state index in [1.165, 1.54) is 5.57 Å². The highest BCUT2D eigenvalue weighted by atomic mass is 16.5. The van der Waals surface area contributed by atoms with Crippen LogP contribution in [0.15, 0.2) is 16.2 Å². The SMILES string of the molecule is Cc1noc(C23CCC4C(C(=O)C=C5C6(C)CC(C#N)C(=O)C(C)C6CCC54C)C2CC(C)(C)CC3)n1. The van der Waals surface area contributed by atoms with Crippen LogP contribution >= 0.6 is 0 Å². The summed E-state index contributed by atoms with van der Waals surface area (Å²) in [5.41, 5.74) is 0.791. The fourth-order valence-corrected chi connectivity index (χ4v) is 10.2. The Hall–Kier alpha value is -2.29. The first kappa shape index (κ1) is 25.0. The predicted octanol–water partition coefficient (Wildman–Crippen LogP) is 6.15. The van der Waals surface area contributed by atoms with Crippen LogP contribution in [0, 0.1) is 70.0 Å². The maximum absolute atomic E-state index is 14.3. The van der Waals surface area contributed by atoms with Gasteiger partial charge in [0.2, 0.25) is 5.89 Å². The number of rotatable bonds is 1. The molecule has 0 radical (unpaired) electrons. The Balaban J connectivity index is 1.46. The third-order valence-electron chi connectivity index (χ3n) is 12.1. The molecule has 0 bridgehead atoms. The van der Waals surface area contributed by atoms with Crippen molar-refractivity contribution in [1.29, 1.82) is 5.26 Å². The quantitative estimate of drug-likeness (QED) is 0.456. The topological polar surface area (TPSA) is 96.9 Å². The normalized spacial score (nSPS) is 46.6. The number of aromatic nitrogens is 2. The molecule has 0 amide bonds. The van der Waals surface area contributed by atoms with Crippen molar-refractivity contribution >= 4 is 11.6 Å². The highest BCUT2D eigenvalue weighted by Crippen LogP contribution is 2.70. The molecule has 4 fully saturated rings. The average Bonchev–Trinajstić information content (AvgIpc) is 3.29. The maximum atomic E-state index is 14.3. The zero-order chi connectivity index (χ0) is 26.5. The van der Waals surface area contributed by atoms with E-state index in [4.69, 9.17) is 9.51 Å². The van der Waals surface area contributed by atoms with Gasteiger partial charge >= 0.3 is 0 Å². The summed E-state index contributed by atoms with van der Waals surface area (Å²) in [5.74, 6) is 1.63. The summed E-state index contributed by atoms with van der Waals surface area (Å²) in [7, 11) is 0. The van der Waals surface area contributed by atoms with Crippen LogP contribution in [0.25, 0.3) is 0 Å². The zero-order valence-electron chi connectivity index (χ0n) is 23.3. The van der Waals surface area contributed by atoms with E-state index in [1.54, 1.807) is 0 Å². The average molecular weight is 504 g/mol. The van der Waals surface area contributed by atoms with Crippen LogP contribution < -0.4 is 0 Å². The standard InChI is InChI=1S/C31H41N3O3/c1-17-20-7-9-29(5)21-8-10-31(27-33-18(2)34-37-27)12-11-28(3,4)15-22(31)25(21)23(35)13-24(29)30(20,6)14-19(16-32)26(17)36/h13,17,19-22,25H,7-12,14-15H2,1-6H3. The molecule has 6 heteroatoms. The lowest BCUT2D eigenvalue weighted by molar-refractivity contribution is -0.145. The lowest BCUT2D eigenvalue weighted by Gasteiger charge is -2.64. The minimum Gasteiger partial charge on any atom is -0.339 e. The van der Waals surface area contributed by atoms with Gasteiger partial charge in [-0.1, -0.05) is 45.3 Å². The first-order chi connectivity index (χ1) is 17.4. The molecule has 1 heterocycles. The molecule has 4 saturated carbocycles. The second kappa shape index (κ2) is 7.87. The summed E-state index contributed by atoms with van der Waals surface area (Å²) in [5, 5.41) is 14.0. The van der Waals surface area contributed by atoms with Gasteiger partial charge in [-0.25, -0.2) is 0 Å². The van der Waals surface area contributed by atoms with Gasteiger partial charge in [0.05, 0.1) is 11.5 Å². The molecule has 0 aromatic carbocycles. The fraction of sp³-hybridized carbons (Fsp3) is 0.774. The van der Waals surface area contributed by atoms with Crippen LogP contribution in [0.3, 0.4) is 0 Å². The molecule has 0 N–H and O–H groups in total. The Labute approximate surface area is 220 Å². The number of carbonyl (C=O) groups is 2. The van der Waals surface area contributed by atoms with Gasteiger partial charge in [0.1, 0.15) is 5.92 Å². The number of aryl methyl sites for hydroxylation is 1. The molecule has 1 aromatic heterocycles. The van der Waals surface area contributed by atoms with Crippen molar-refractivity contribution in [1.82, 2.24) is 10.1 Å². The summed E-state index contributed by atoms with van der Waals surface area (Å²) >= 11 is 0. The van der Waals surface area contributed by atoms with Crippen LogP contribution in [0.4, 0.5) is 0 Å². The van der Waals surface area contributed by atoms with Crippen LogP contribution in [-0.2, 0) is 15.0 Å². The largest absolute Gasteiger partial charge is 0.339 e. The van der Waals surface area contributed by atoms with Gasteiger partial charge in [-0.2, -0.15) is 10.2 Å². The van der Waals surface area contributed by atoms with E-state index in [-0.39, 0.29) is 62.8 Å². The first-order valence-electron chi connectivity index (χ1n) is 14.4. The first-order valence-corrected chi connectivity index (χ1v) is 14.4. The van der Waals surface area contributed by atoms with Crippen molar-refractivity contribution in [3.63, 3.8) is 0 Å². The van der Waals surface area contributed by atoms with Crippen LogP contribution in [0.1, 0.15) is 97.7 Å². The molecule has 9 unspecified atom stereocenters. The summed E-state index contributed by atoms with van der Waals surface area (Å²) < 4.78 is 5.86. The third-order valence-corrected chi connectivity index (χ3v) is 12.1. The summed E-state index contributed by atoms with van der Waals surface area (Å²) in [6.45, 7) is 13.2. The van der Waals surface area contributed by atoms with Gasteiger partial charge in [0, 0.05) is 11.8 Å². The van der Waals surface area contributed by atoms with Crippen molar-refractivity contribution in [2.24, 2.45) is 51.8 Å². The third kappa shape index (κ3) is 3.28. The molecular weight excluding hydrogens is 462 g/mol. The highest BCUT2D eigenvalue weighted by Gasteiger charge is 2.66. The second-order valence-electron chi connectivity index (χ2n) is 14.5. The number of nitriles is 1. The van der Waals surface area contributed by atoms with E-state index in [0.29, 0.717) is 12.2 Å². The second-order valence-corrected chi connectivity index (χ2v) is 14.5. The zero-order valence-corrected chi connectivity index (χ0v) is 23.3. The van der Waals surface area contributed by atoms with Crippen molar-refractivity contribution in [3.05, 3.63) is 23.4 Å². The number of hydrogen-bond acceptors (Lipinski definition) is 6. The van der Waals surface area contributed by atoms with Crippen molar-refractivity contribution in [3.8, 4) is 6.07 Å². The van der Waals surface area contributed by atoms with Gasteiger partial charge in [-0.05, 0) is 98.4 Å². The minimum absolute atomic E-state index is 0.0520. The van der Waals surface area contributed by atoms with E-state index in [2.05, 4.69) is 38.9 Å². The van der Waals surface area contributed by atoms with Crippen molar-refractivity contribution in [2.45, 2.75) is 98.3 Å². The monoisotopic (exact) mass is 503 g/mol. The van der Waals surface area contributed by atoms with Gasteiger partial charge < -0.3 is 4.52 Å². The summed E-state index contributed by atoms with van der Waals surface area (Å²) in [6.07, 6.45) is 9.55. The Morgan fingerprint density at radius 2 is 1.70 bits per heavy atom. The summed E-state index contributed by atoms with van der Waals surface area (Å²) in [4.78, 5) is 32.0. The van der Waals surface area contributed by atoms with Gasteiger partial charge in [-0.15, -0.1) is 0 Å². The van der Waals surface area contributed by atoms with E-state index >= 15 is 0 Å². The van der Waals surface area contributed by atoms with E-state index < -0.39 is 5.92 Å². The molecule has 5 aliphatic carbocycles. The minimum atomic E-state index is -0.578. The van der Waals surface area contributed by atoms with E-state index in [0.717, 1.165) is 50.8 Å². The van der Waals surface area contributed by atoms with Crippen molar-refractivity contribution < 1.29 is 14.1 Å². The molecular formula is C31H41N3O3. The number of hydrogen-bond donors (Lipinski definition) is 0. The smallest absolute Gasteiger partial charge is 0.233 e. The molecule has 0 spiro atoms. The number of fused-ring (bicyclic) bond motifs is 7. The molecule has 37 heavy (non-hydrogen) atoms. The number of carbonyl (C=O) groups excluding carboxylic acids is 2. The highest BCUT2D eigenvalue weighted by molar-refractivity contribution is 5.95. The lowest BCUT2D eigenvalue weighted by Crippen LogP contribution is -2.61. The molecule has 198 valence electrons. The molecule has 9 atom stereocenters. The van der Waals surface area contributed by atoms with Gasteiger partial charge in [-0.3, -0.25) is 9.59 Å². The van der Waals surface area contributed by atoms with Crippen LogP contribution in [0.2, 0.25) is 0 Å². The van der Waals surface area contributed by atoms with E-state index in [9.17, 15) is 14.9 Å². The number of Topliss-reactive ketones (excluding diaryl/α,β-unsaturated/α-hetero) is 1.